The van der Waals surface area contributed by atoms with Gasteiger partial charge in [-0.05, 0) is 25.0 Å². The molecule has 0 heterocycles. The molecule has 0 aromatic heterocycles. The Bertz CT molecular complexity index is 443. The van der Waals surface area contributed by atoms with Crippen LogP contribution < -0.4 is 14.8 Å². The first kappa shape index (κ1) is 15.3. The summed E-state index contributed by atoms with van der Waals surface area (Å²) in [6.07, 6.45) is 1.89. The second kappa shape index (κ2) is 7.02. The van der Waals surface area contributed by atoms with Crippen LogP contribution in [0.4, 0.5) is 5.69 Å². The topological polar surface area (TPSA) is 47.6 Å². The van der Waals surface area contributed by atoms with Crippen LogP contribution in [-0.4, -0.2) is 20.1 Å². The molecular formula is C15H23NO3. The molecule has 1 aromatic rings. The number of hydrogen-bond donors (Lipinski definition) is 1. The normalized spacial score (nSPS) is 11.8. The molecule has 1 aromatic carbocycles. The predicted molar refractivity (Wildman–Crippen MR) is 77.0 cm³/mol. The molecule has 0 fully saturated rings. The molecule has 1 unspecified atom stereocenters. The molecule has 4 heteroatoms. The van der Waals surface area contributed by atoms with Crippen molar-refractivity contribution in [1.29, 1.82) is 0 Å². The number of methoxy groups -OCH3 is 2. The van der Waals surface area contributed by atoms with Gasteiger partial charge in [-0.1, -0.05) is 20.3 Å². The molecule has 0 aliphatic carbocycles. The number of carbonyl (C=O) groups excluding carboxylic acids is 1. The average molecular weight is 265 g/mol. The molecule has 1 N–H and O–H groups in total. The Morgan fingerprint density at radius 1 is 1.26 bits per heavy atom. The van der Waals surface area contributed by atoms with E-state index in [1.165, 1.54) is 0 Å². The van der Waals surface area contributed by atoms with Gasteiger partial charge in [0.05, 0.1) is 14.2 Å². The van der Waals surface area contributed by atoms with Gasteiger partial charge in [-0.2, -0.15) is 0 Å². The van der Waals surface area contributed by atoms with Gasteiger partial charge in [0, 0.05) is 17.7 Å². The zero-order valence-corrected chi connectivity index (χ0v) is 12.4. The van der Waals surface area contributed by atoms with E-state index < -0.39 is 0 Å². The highest BCUT2D eigenvalue weighted by Gasteiger charge is 2.15. The zero-order chi connectivity index (χ0) is 14.4. The summed E-state index contributed by atoms with van der Waals surface area (Å²) >= 11 is 0. The number of carbonyl (C=O) groups is 1. The van der Waals surface area contributed by atoms with Gasteiger partial charge in [-0.3, -0.25) is 4.79 Å². The minimum Gasteiger partial charge on any atom is -0.493 e. The van der Waals surface area contributed by atoms with Gasteiger partial charge in [-0.25, -0.2) is 0 Å². The van der Waals surface area contributed by atoms with Crippen LogP contribution >= 0.6 is 0 Å². The Labute approximate surface area is 115 Å². The Hall–Kier alpha value is -1.71. The molecule has 0 bridgehead atoms. The second-order valence-corrected chi connectivity index (χ2v) is 4.70. The van der Waals surface area contributed by atoms with Crippen molar-refractivity contribution in [2.75, 3.05) is 19.5 Å². The molecule has 106 valence electrons. The SMILES string of the molecule is CCCC(C)C(=O)Nc1cc(OC)c(OC)cc1C. The highest BCUT2D eigenvalue weighted by molar-refractivity contribution is 5.93. The standard InChI is InChI=1S/C15H23NO3/c1-6-7-10(2)15(17)16-12-9-14(19-5)13(18-4)8-11(12)3/h8-10H,6-7H2,1-5H3,(H,16,17). The number of anilines is 1. The fraction of sp³-hybridized carbons (Fsp3) is 0.533. The van der Waals surface area contributed by atoms with Crippen LogP contribution in [0, 0.1) is 12.8 Å². The second-order valence-electron chi connectivity index (χ2n) is 4.70. The third kappa shape index (κ3) is 3.88. The van der Waals surface area contributed by atoms with Crippen molar-refractivity contribution in [3.05, 3.63) is 17.7 Å². The zero-order valence-electron chi connectivity index (χ0n) is 12.4. The van der Waals surface area contributed by atoms with E-state index in [9.17, 15) is 4.79 Å². The first-order valence-electron chi connectivity index (χ1n) is 6.56. The molecule has 0 aliphatic rings. The highest BCUT2D eigenvalue weighted by Crippen LogP contribution is 2.33. The quantitative estimate of drug-likeness (QED) is 0.857. The molecule has 0 aliphatic heterocycles. The Morgan fingerprint density at radius 3 is 2.37 bits per heavy atom. The van der Waals surface area contributed by atoms with E-state index in [1.54, 1.807) is 20.3 Å². The molecule has 0 saturated heterocycles. The number of hydrogen-bond acceptors (Lipinski definition) is 3. The number of ether oxygens (including phenoxy) is 2. The van der Waals surface area contributed by atoms with Gasteiger partial charge in [0.15, 0.2) is 11.5 Å². The third-order valence-electron chi connectivity index (χ3n) is 3.16. The molecule has 1 amide bonds. The van der Waals surface area contributed by atoms with Gasteiger partial charge in [0.25, 0.3) is 0 Å². The van der Waals surface area contributed by atoms with Crippen molar-refractivity contribution >= 4 is 11.6 Å². The number of aryl methyl sites for hydroxylation is 1. The first-order valence-corrected chi connectivity index (χ1v) is 6.56. The Kier molecular flexibility index (Phi) is 5.67. The van der Waals surface area contributed by atoms with Crippen LogP contribution in [0.25, 0.3) is 0 Å². The van der Waals surface area contributed by atoms with Gasteiger partial charge < -0.3 is 14.8 Å². The summed E-state index contributed by atoms with van der Waals surface area (Å²) in [7, 11) is 3.18. The largest absolute Gasteiger partial charge is 0.493 e. The lowest BCUT2D eigenvalue weighted by atomic mass is 10.0. The van der Waals surface area contributed by atoms with E-state index >= 15 is 0 Å². The Balaban J connectivity index is 2.92. The third-order valence-corrected chi connectivity index (χ3v) is 3.16. The van der Waals surface area contributed by atoms with Gasteiger partial charge in [0.2, 0.25) is 5.91 Å². The summed E-state index contributed by atoms with van der Waals surface area (Å²) in [6.45, 7) is 5.95. The summed E-state index contributed by atoms with van der Waals surface area (Å²) in [5.41, 5.74) is 1.72. The molecule has 4 nitrogen and oxygen atoms in total. The van der Waals surface area contributed by atoms with Gasteiger partial charge >= 0.3 is 0 Å². The predicted octanol–water partition coefficient (Wildman–Crippen LogP) is 3.39. The monoisotopic (exact) mass is 265 g/mol. The van der Waals surface area contributed by atoms with E-state index in [0.29, 0.717) is 11.5 Å². The maximum Gasteiger partial charge on any atom is 0.227 e. The van der Waals surface area contributed by atoms with Crippen molar-refractivity contribution in [3.63, 3.8) is 0 Å². The van der Waals surface area contributed by atoms with E-state index in [-0.39, 0.29) is 11.8 Å². The van der Waals surface area contributed by atoms with Crippen molar-refractivity contribution in [2.45, 2.75) is 33.6 Å². The lowest BCUT2D eigenvalue weighted by molar-refractivity contribution is -0.119. The minimum atomic E-state index is 0.0116. The highest BCUT2D eigenvalue weighted by atomic mass is 16.5. The van der Waals surface area contributed by atoms with Crippen LogP contribution in [0.3, 0.4) is 0 Å². The molecular weight excluding hydrogens is 242 g/mol. The number of amides is 1. The summed E-state index contributed by atoms with van der Waals surface area (Å²) < 4.78 is 10.5. The summed E-state index contributed by atoms with van der Waals surface area (Å²) in [6, 6.07) is 3.66. The van der Waals surface area contributed by atoms with Crippen molar-refractivity contribution in [3.8, 4) is 11.5 Å². The van der Waals surface area contributed by atoms with Crippen LogP contribution in [-0.2, 0) is 4.79 Å². The van der Waals surface area contributed by atoms with Crippen LogP contribution in [0.2, 0.25) is 0 Å². The van der Waals surface area contributed by atoms with E-state index in [4.69, 9.17) is 9.47 Å². The summed E-state index contributed by atoms with van der Waals surface area (Å²) in [4.78, 5) is 12.0. The maximum absolute atomic E-state index is 12.0. The number of rotatable bonds is 6. The van der Waals surface area contributed by atoms with Crippen LogP contribution in [0.15, 0.2) is 12.1 Å². The van der Waals surface area contributed by atoms with Crippen molar-refractivity contribution in [1.82, 2.24) is 0 Å². The molecule has 19 heavy (non-hydrogen) atoms. The molecule has 1 rings (SSSR count). The number of benzene rings is 1. The van der Waals surface area contributed by atoms with E-state index in [1.807, 2.05) is 19.9 Å². The lowest BCUT2D eigenvalue weighted by Crippen LogP contribution is -2.20. The summed E-state index contributed by atoms with van der Waals surface area (Å²) in [5.74, 6) is 1.33. The maximum atomic E-state index is 12.0. The van der Waals surface area contributed by atoms with E-state index in [0.717, 1.165) is 24.1 Å². The fourth-order valence-corrected chi connectivity index (χ4v) is 1.94. The fourth-order valence-electron chi connectivity index (χ4n) is 1.94. The molecule has 0 radical (unpaired) electrons. The smallest absolute Gasteiger partial charge is 0.227 e. The number of nitrogens with one attached hydrogen (secondary N) is 1. The molecule has 0 saturated carbocycles. The minimum absolute atomic E-state index is 0.0116. The molecule has 1 atom stereocenters. The lowest BCUT2D eigenvalue weighted by Gasteiger charge is -2.15. The summed E-state index contributed by atoms with van der Waals surface area (Å²) in [5, 5.41) is 2.95. The van der Waals surface area contributed by atoms with Crippen LogP contribution in [0.1, 0.15) is 32.3 Å². The Morgan fingerprint density at radius 2 is 1.84 bits per heavy atom. The average Bonchev–Trinajstić information content (AvgIpc) is 2.40. The van der Waals surface area contributed by atoms with Gasteiger partial charge in [0.1, 0.15) is 0 Å². The van der Waals surface area contributed by atoms with Crippen molar-refractivity contribution < 1.29 is 14.3 Å². The van der Waals surface area contributed by atoms with E-state index in [2.05, 4.69) is 12.2 Å². The first-order chi connectivity index (χ1) is 9.03. The van der Waals surface area contributed by atoms with Crippen molar-refractivity contribution in [2.24, 2.45) is 5.92 Å². The molecule has 0 spiro atoms. The van der Waals surface area contributed by atoms with Crippen LogP contribution in [0.5, 0.6) is 11.5 Å². The van der Waals surface area contributed by atoms with Gasteiger partial charge in [-0.15, -0.1) is 0 Å².